The third kappa shape index (κ3) is 24.9. The molecule has 3 nitrogen and oxygen atoms in total. The van der Waals surface area contributed by atoms with Gasteiger partial charge in [0.15, 0.2) is 0 Å². The minimum atomic E-state index is 0.177. The molecule has 0 spiro atoms. The maximum absolute atomic E-state index is 4.04. The zero-order chi connectivity index (χ0) is 34.8. The van der Waals surface area contributed by atoms with Gasteiger partial charge in [-0.3, -0.25) is 9.80 Å². The molecule has 0 bridgehead atoms. The van der Waals surface area contributed by atoms with Gasteiger partial charge in [0.25, 0.3) is 0 Å². The summed E-state index contributed by atoms with van der Waals surface area (Å²) in [6, 6.07) is 0. The normalized spacial score (nSPS) is 16.0. The zero-order valence-electron chi connectivity index (χ0n) is 34.3. The average Bonchev–Trinajstić information content (AvgIpc) is 3.09. The molecule has 0 radical (unpaired) electrons. The van der Waals surface area contributed by atoms with Crippen molar-refractivity contribution >= 4 is 0 Å². The van der Waals surface area contributed by atoms with E-state index >= 15 is 0 Å². The fourth-order valence-electron chi connectivity index (χ4n) is 8.31. The quantitative estimate of drug-likeness (QED) is 0.0661. The first-order valence-corrected chi connectivity index (χ1v) is 22.8. The monoisotopic (exact) mass is 676 g/mol. The Balaban J connectivity index is 2.49. The zero-order valence-corrected chi connectivity index (χ0v) is 34.3. The van der Waals surface area contributed by atoms with E-state index in [9.17, 15) is 0 Å². The van der Waals surface area contributed by atoms with Crippen LogP contribution in [0.4, 0.5) is 0 Å². The maximum Gasteiger partial charge on any atom is 0.0781 e. The van der Waals surface area contributed by atoms with E-state index in [1.54, 1.807) is 0 Å². The second kappa shape index (κ2) is 34.0. The number of hydrogen-bond donors (Lipinski definition) is 1. The number of nitrogens with one attached hydrogen (secondary N) is 1. The Morgan fingerprint density at radius 2 is 0.771 bits per heavy atom. The highest BCUT2D eigenvalue weighted by atomic mass is 15.4. The molecule has 1 N–H and O–H groups in total. The molecule has 1 fully saturated rings. The Hall–Kier alpha value is -0.120. The van der Waals surface area contributed by atoms with E-state index in [0.29, 0.717) is 6.17 Å². The van der Waals surface area contributed by atoms with E-state index in [4.69, 9.17) is 0 Å². The van der Waals surface area contributed by atoms with Crippen LogP contribution in [0, 0.1) is 0 Å². The standard InChI is InChI=1S/C45H93N3/c1-6-9-12-15-18-21-23-25-27-30-33-36-42-48(43-37-34-31-28-26-24-22-19-16-13-10-7-2)45(4,5)44-46-39-38-41-47(44)40-35-32-29-20-17-14-11-8-3/h44,46H,6-43H2,1-5H3. The largest absolute Gasteiger partial charge is 0.300 e. The van der Waals surface area contributed by atoms with Gasteiger partial charge in [-0.2, -0.15) is 0 Å². The third-order valence-electron chi connectivity index (χ3n) is 11.7. The molecular weight excluding hydrogens is 583 g/mol. The van der Waals surface area contributed by atoms with Gasteiger partial charge < -0.3 is 5.32 Å². The van der Waals surface area contributed by atoms with E-state index in [-0.39, 0.29) is 5.54 Å². The maximum atomic E-state index is 4.04. The van der Waals surface area contributed by atoms with Gasteiger partial charge in [0.2, 0.25) is 0 Å². The summed E-state index contributed by atoms with van der Waals surface area (Å²) < 4.78 is 0. The fraction of sp³-hybridized carbons (Fsp3) is 1.00. The Bertz CT molecular complexity index is 606. The molecule has 1 atom stereocenters. The van der Waals surface area contributed by atoms with E-state index in [0.717, 1.165) is 0 Å². The fourth-order valence-corrected chi connectivity index (χ4v) is 8.31. The Kier molecular flexibility index (Phi) is 32.5. The van der Waals surface area contributed by atoms with Crippen molar-refractivity contribution in [2.45, 2.75) is 258 Å². The van der Waals surface area contributed by atoms with Gasteiger partial charge in [-0.05, 0) is 65.7 Å². The van der Waals surface area contributed by atoms with Crippen molar-refractivity contribution in [3.05, 3.63) is 0 Å². The molecule has 0 amide bonds. The molecule has 0 aromatic heterocycles. The molecule has 0 aromatic carbocycles. The first kappa shape index (κ1) is 45.9. The lowest BCUT2D eigenvalue weighted by atomic mass is 9.93. The van der Waals surface area contributed by atoms with Crippen LogP contribution in [0.3, 0.4) is 0 Å². The number of hydrogen-bond acceptors (Lipinski definition) is 3. The van der Waals surface area contributed by atoms with Crippen molar-refractivity contribution in [3.8, 4) is 0 Å². The highest BCUT2D eigenvalue weighted by molar-refractivity contribution is 4.95. The molecule has 0 saturated carbocycles. The summed E-state index contributed by atoms with van der Waals surface area (Å²) in [6.07, 6.45) is 47.6. The lowest BCUT2D eigenvalue weighted by Crippen LogP contribution is -2.67. The molecule has 48 heavy (non-hydrogen) atoms. The predicted octanol–water partition coefficient (Wildman–Crippen LogP) is 14.2. The summed E-state index contributed by atoms with van der Waals surface area (Å²) >= 11 is 0. The highest BCUT2D eigenvalue weighted by Gasteiger charge is 2.39. The summed E-state index contributed by atoms with van der Waals surface area (Å²) in [7, 11) is 0. The van der Waals surface area contributed by atoms with Crippen LogP contribution in [0.2, 0.25) is 0 Å². The van der Waals surface area contributed by atoms with Crippen LogP contribution in [0.15, 0.2) is 0 Å². The van der Waals surface area contributed by atoms with Gasteiger partial charge >= 0.3 is 0 Å². The summed E-state index contributed by atoms with van der Waals surface area (Å²) in [5.41, 5.74) is 0.177. The lowest BCUT2D eigenvalue weighted by Gasteiger charge is -2.51. The average molecular weight is 676 g/mol. The minimum absolute atomic E-state index is 0.177. The van der Waals surface area contributed by atoms with Gasteiger partial charge in [0.1, 0.15) is 0 Å². The summed E-state index contributed by atoms with van der Waals surface area (Å²) in [4.78, 5) is 5.78. The van der Waals surface area contributed by atoms with Gasteiger partial charge in [-0.1, -0.05) is 207 Å². The van der Waals surface area contributed by atoms with Crippen LogP contribution >= 0.6 is 0 Å². The van der Waals surface area contributed by atoms with Gasteiger partial charge in [-0.25, -0.2) is 0 Å². The van der Waals surface area contributed by atoms with Gasteiger partial charge in [0.05, 0.1) is 6.17 Å². The smallest absolute Gasteiger partial charge is 0.0781 e. The molecule has 0 aromatic rings. The topological polar surface area (TPSA) is 18.5 Å². The number of nitrogens with zero attached hydrogens (tertiary/aromatic N) is 2. The van der Waals surface area contributed by atoms with E-state index in [2.05, 4.69) is 49.7 Å². The molecule has 3 heteroatoms. The van der Waals surface area contributed by atoms with E-state index in [1.165, 1.54) is 245 Å². The van der Waals surface area contributed by atoms with Crippen LogP contribution in [-0.4, -0.2) is 54.2 Å². The molecule has 1 rings (SSSR count). The first-order chi connectivity index (χ1) is 23.6. The van der Waals surface area contributed by atoms with Crippen LogP contribution in [0.1, 0.15) is 247 Å². The van der Waals surface area contributed by atoms with Crippen molar-refractivity contribution in [2.75, 3.05) is 32.7 Å². The van der Waals surface area contributed by atoms with Crippen molar-refractivity contribution in [1.29, 1.82) is 0 Å². The molecule has 1 saturated heterocycles. The number of unbranched alkanes of at least 4 members (excludes halogenated alkanes) is 29. The highest BCUT2D eigenvalue weighted by Crippen LogP contribution is 2.27. The van der Waals surface area contributed by atoms with Crippen LogP contribution in [0.5, 0.6) is 0 Å². The molecule has 1 aliphatic heterocycles. The van der Waals surface area contributed by atoms with Crippen molar-refractivity contribution < 1.29 is 0 Å². The second-order valence-electron chi connectivity index (χ2n) is 16.6. The van der Waals surface area contributed by atoms with Crippen LogP contribution in [-0.2, 0) is 0 Å². The lowest BCUT2D eigenvalue weighted by molar-refractivity contribution is -0.0158. The minimum Gasteiger partial charge on any atom is -0.300 e. The van der Waals surface area contributed by atoms with Gasteiger partial charge in [-0.15, -0.1) is 0 Å². The van der Waals surface area contributed by atoms with Crippen LogP contribution in [0.25, 0.3) is 0 Å². The van der Waals surface area contributed by atoms with Gasteiger partial charge in [0, 0.05) is 12.1 Å². The van der Waals surface area contributed by atoms with Crippen LogP contribution < -0.4 is 5.32 Å². The summed E-state index contributed by atoms with van der Waals surface area (Å²) in [6.45, 7) is 18.4. The van der Waals surface area contributed by atoms with Crippen molar-refractivity contribution in [2.24, 2.45) is 0 Å². The SMILES string of the molecule is CCCCCCCCCCCCCCN(CCCCCCCCCCCCCC)C(C)(C)C1NCCCN1CCCCCCCCCC. The molecule has 1 heterocycles. The molecule has 1 aliphatic rings. The third-order valence-corrected chi connectivity index (χ3v) is 11.7. The molecule has 0 aliphatic carbocycles. The second-order valence-corrected chi connectivity index (χ2v) is 16.6. The predicted molar refractivity (Wildman–Crippen MR) is 218 cm³/mol. The molecule has 288 valence electrons. The molecular formula is C45H93N3. The number of rotatable bonds is 37. The Labute approximate surface area is 305 Å². The summed E-state index contributed by atoms with van der Waals surface area (Å²) in [5, 5.41) is 4.04. The van der Waals surface area contributed by atoms with Crippen molar-refractivity contribution in [3.63, 3.8) is 0 Å². The van der Waals surface area contributed by atoms with E-state index < -0.39 is 0 Å². The Morgan fingerprint density at radius 1 is 0.458 bits per heavy atom. The first-order valence-electron chi connectivity index (χ1n) is 22.8. The summed E-state index contributed by atoms with van der Waals surface area (Å²) in [5.74, 6) is 0. The van der Waals surface area contributed by atoms with E-state index in [1.807, 2.05) is 0 Å². The Morgan fingerprint density at radius 3 is 1.12 bits per heavy atom. The molecule has 1 unspecified atom stereocenters. The van der Waals surface area contributed by atoms with Crippen molar-refractivity contribution in [1.82, 2.24) is 15.1 Å².